The Morgan fingerprint density at radius 3 is 2.42 bits per heavy atom. The first kappa shape index (κ1) is 17.9. The molecule has 0 bridgehead atoms. The molecule has 1 aliphatic rings. The maximum absolute atomic E-state index is 13.8. The van der Waals surface area contributed by atoms with E-state index in [1.165, 1.54) is 0 Å². The number of carbonyl (C=O) groups is 3. The van der Waals surface area contributed by atoms with E-state index in [1.54, 1.807) is 18.2 Å². The zero-order valence-corrected chi connectivity index (χ0v) is 14.5. The molecular weight excluding hydrogens is 342 g/mol. The fourth-order valence-electron chi connectivity index (χ4n) is 2.91. The summed E-state index contributed by atoms with van der Waals surface area (Å²) in [6, 6.07) is 6.80. The molecule has 0 N–H and O–H groups in total. The second-order valence-electron chi connectivity index (χ2n) is 7.41. The number of hydrogen-bond acceptors (Lipinski definition) is 4. The van der Waals surface area contributed by atoms with Crippen molar-refractivity contribution in [1.82, 2.24) is 0 Å². The van der Waals surface area contributed by atoms with Gasteiger partial charge in [-0.25, -0.2) is 0 Å². The number of hydrogen-bond donors (Lipinski definition) is 0. The van der Waals surface area contributed by atoms with Crippen molar-refractivity contribution in [2.24, 2.45) is 5.41 Å². The van der Waals surface area contributed by atoms with Crippen LogP contribution in [0.15, 0.2) is 40.8 Å². The van der Waals surface area contributed by atoms with E-state index in [0.717, 1.165) is 18.2 Å². The molecule has 0 atom stereocenters. The number of rotatable bonds is 3. The fraction of sp³-hybridized carbons (Fsp3) is 0.250. The Morgan fingerprint density at radius 2 is 1.77 bits per heavy atom. The number of fused-ring (bicyclic) bond motifs is 1. The number of ketones is 3. The Balaban J connectivity index is 2.04. The summed E-state index contributed by atoms with van der Waals surface area (Å²) in [6.45, 7) is 6.17. The Morgan fingerprint density at radius 1 is 1.08 bits per heavy atom. The number of halogens is 2. The van der Waals surface area contributed by atoms with Gasteiger partial charge in [0.2, 0.25) is 17.4 Å². The Labute approximate surface area is 148 Å². The summed E-state index contributed by atoms with van der Waals surface area (Å²) in [5.74, 6) is -7.59. The van der Waals surface area contributed by atoms with Crippen LogP contribution in [0, 0.1) is 5.41 Å². The average molecular weight is 358 g/mol. The second-order valence-corrected chi connectivity index (χ2v) is 7.41. The molecule has 0 saturated carbocycles. The molecule has 1 aromatic heterocycles. The number of carbonyl (C=O) groups excluding carboxylic acids is 3. The molecule has 3 rings (SSSR count). The van der Waals surface area contributed by atoms with Crippen molar-refractivity contribution in [3.8, 4) is 0 Å². The molecule has 134 valence electrons. The van der Waals surface area contributed by atoms with Gasteiger partial charge in [0.05, 0.1) is 11.1 Å². The van der Waals surface area contributed by atoms with Gasteiger partial charge in [0, 0.05) is 5.56 Å². The lowest BCUT2D eigenvalue weighted by Crippen LogP contribution is -2.22. The molecule has 0 fully saturated rings. The lowest BCUT2D eigenvalue weighted by molar-refractivity contribution is -0.113. The summed E-state index contributed by atoms with van der Waals surface area (Å²) >= 11 is 0. The van der Waals surface area contributed by atoms with E-state index in [1.807, 2.05) is 6.07 Å². The normalized spacial score (nSPS) is 14.7. The first-order valence-corrected chi connectivity index (χ1v) is 8.00. The minimum atomic E-state index is -1.80. The minimum absolute atomic E-state index is 0.00428. The SMILES string of the molecule is CC(C)(C)Cc1cccc(C(=O)c2coc3c2C(=O)C(=O)C(F)=C3F)c1. The molecule has 0 unspecified atom stereocenters. The van der Waals surface area contributed by atoms with Gasteiger partial charge in [-0.3, -0.25) is 14.4 Å². The number of allylic oxidation sites excluding steroid dienone is 1. The van der Waals surface area contributed by atoms with Crippen molar-refractivity contribution in [1.29, 1.82) is 0 Å². The largest absolute Gasteiger partial charge is 0.460 e. The summed E-state index contributed by atoms with van der Waals surface area (Å²) < 4.78 is 32.2. The lowest BCUT2D eigenvalue weighted by Gasteiger charge is -2.18. The van der Waals surface area contributed by atoms with Crippen molar-refractivity contribution in [2.75, 3.05) is 0 Å². The van der Waals surface area contributed by atoms with Gasteiger partial charge in [0.15, 0.2) is 11.5 Å². The van der Waals surface area contributed by atoms with Crippen LogP contribution in [0.1, 0.15) is 58.4 Å². The van der Waals surface area contributed by atoms with Crippen LogP contribution in [0.4, 0.5) is 8.78 Å². The van der Waals surface area contributed by atoms with E-state index in [9.17, 15) is 23.2 Å². The van der Waals surface area contributed by atoms with Crippen molar-refractivity contribution in [3.63, 3.8) is 0 Å². The van der Waals surface area contributed by atoms with Gasteiger partial charge < -0.3 is 4.42 Å². The Bertz CT molecular complexity index is 974. The van der Waals surface area contributed by atoms with E-state index in [-0.39, 0.29) is 16.5 Å². The van der Waals surface area contributed by atoms with Crippen LogP contribution in [0.25, 0.3) is 5.83 Å². The molecule has 1 aromatic carbocycles. The van der Waals surface area contributed by atoms with E-state index < -0.39 is 40.3 Å². The molecule has 0 saturated heterocycles. The van der Waals surface area contributed by atoms with Crippen molar-refractivity contribution in [2.45, 2.75) is 27.2 Å². The van der Waals surface area contributed by atoms with Crippen LogP contribution in [0.5, 0.6) is 0 Å². The summed E-state index contributed by atoms with van der Waals surface area (Å²) in [4.78, 5) is 36.4. The molecule has 6 heteroatoms. The predicted molar refractivity (Wildman–Crippen MR) is 90.2 cm³/mol. The van der Waals surface area contributed by atoms with Gasteiger partial charge in [0.1, 0.15) is 6.26 Å². The van der Waals surface area contributed by atoms with Gasteiger partial charge in [-0.15, -0.1) is 0 Å². The molecule has 4 nitrogen and oxygen atoms in total. The zero-order chi connectivity index (χ0) is 19.2. The standard InChI is InChI=1S/C20H16F2O4/c1-20(2,3)8-10-5-4-6-11(7-10)16(23)12-9-26-19-13(12)17(24)18(25)14(21)15(19)22/h4-7,9H,8H2,1-3H3. The van der Waals surface area contributed by atoms with Gasteiger partial charge in [-0.05, 0) is 23.5 Å². The van der Waals surface area contributed by atoms with Gasteiger partial charge in [0.25, 0.3) is 5.78 Å². The highest BCUT2D eigenvalue weighted by Gasteiger charge is 2.40. The van der Waals surface area contributed by atoms with Crippen molar-refractivity contribution in [3.05, 3.63) is 64.4 Å². The van der Waals surface area contributed by atoms with Gasteiger partial charge in [-0.2, -0.15) is 8.78 Å². The van der Waals surface area contributed by atoms with Crippen molar-refractivity contribution >= 4 is 23.2 Å². The molecule has 0 amide bonds. The van der Waals surface area contributed by atoms with Crippen LogP contribution in [0.3, 0.4) is 0 Å². The summed E-state index contributed by atoms with van der Waals surface area (Å²) in [5, 5.41) is 0. The average Bonchev–Trinajstić information content (AvgIpc) is 3.01. The van der Waals surface area contributed by atoms with E-state index in [0.29, 0.717) is 0 Å². The summed E-state index contributed by atoms with van der Waals surface area (Å²) in [5.41, 5.74) is 0.407. The number of Topliss-reactive ketones (excluding diaryl/α,β-unsaturated/α-hetero) is 2. The number of furan rings is 1. The molecule has 0 spiro atoms. The van der Waals surface area contributed by atoms with Gasteiger partial charge >= 0.3 is 0 Å². The van der Waals surface area contributed by atoms with Crippen LogP contribution in [0.2, 0.25) is 0 Å². The number of benzene rings is 1. The van der Waals surface area contributed by atoms with E-state index in [4.69, 9.17) is 4.42 Å². The Hall–Kier alpha value is -2.89. The maximum atomic E-state index is 13.8. The topological polar surface area (TPSA) is 64.3 Å². The third-order valence-corrected chi connectivity index (χ3v) is 3.98. The second kappa shape index (κ2) is 6.12. The molecule has 26 heavy (non-hydrogen) atoms. The summed E-state index contributed by atoms with van der Waals surface area (Å²) in [7, 11) is 0. The first-order chi connectivity index (χ1) is 12.1. The quantitative estimate of drug-likeness (QED) is 0.600. The lowest BCUT2D eigenvalue weighted by atomic mass is 9.87. The Kier molecular flexibility index (Phi) is 4.22. The molecule has 1 aliphatic carbocycles. The van der Waals surface area contributed by atoms with Crippen LogP contribution < -0.4 is 0 Å². The predicted octanol–water partition coefficient (Wildman–Crippen LogP) is 4.47. The van der Waals surface area contributed by atoms with Gasteiger partial charge in [-0.1, -0.05) is 39.0 Å². The first-order valence-electron chi connectivity index (χ1n) is 8.00. The smallest absolute Gasteiger partial charge is 0.265 e. The molecular formula is C20H16F2O4. The monoisotopic (exact) mass is 358 g/mol. The minimum Gasteiger partial charge on any atom is -0.460 e. The molecule has 0 radical (unpaired) electrons. The third kappa shape index (κ3) is 3.03. The van der Waals surface area contributed by atoms with Crippen LogP contribution >= 0.6 is 0 Å². The zero-order valence-electron chi connectivity index (χ0n) is 14.5. The highest BCUT2D eigenvalue weighted by Crippen LogP contribution is 2.35. The van der Waals surface area contributed by atoms with E-state index in [2.05, 4.69) is 20.8 Å². The molecule has 0 aliphatic heterocycles. The maximum Gasteiger partial charge on any atom is 0.265 e. The highest BCUT2D eigenvalue weighted by atomic mass is 19.2. The summed E-state index contributed by atoms with van der Waals surface area (Å²) in [6.07, 6.45) is 1.60. The molecule has 2 aromatic rings. The van der Waals surface area contributed by atoms with Crippen LogP contribution in [-0.2, 0) is 11.2 Å². The van der Waals surface area contributed by atoms with Crippen molar-refractivity contribution < 1.29 is 27.6 Å². The third-order valence-electron chi connectivity index (χ3n) is 3.98. The highest BCUT2D eigenvalue weighted by molar-refractivity contribution is 6.52. The molecule has 1 heterocycles. The van der Waals surface area contributed by atoms with Crippen LogP contribution in [-0.4, -0.2) is 17.3 Å². The van der Waals surface area contributed by atoms with E-state index >= 15 is 0 Å². The fourth-order valence-corrected chi connectivity index (χ4v) is 2.91.